The van der Waals surface area contributed by atoms with Crippen molar-refractivity contribution in [1.29, 1.82) is 0 Å². The van der Waals surface area contributed by atoms with Gasteiger partial charge in [-0.15, -0.1) is 11.3 Å². The fraction of sp³-hybridized carbons (Fsp3) is 0.0769. The molecule has 3 nitrogen and oxygen atoms in total. The number of thiophene rings is 1. The predicted molar refractivity (Wildman–Crippen MR) is 76.8 cm³/mol. The molecule has 3 rings (SSSR count). The number of hydrogen-bond acceptors (Lipinski definition) is 4. The van der Waals surface area contributed by atoms with Gasteiger partial charge in [0.2, 0.25) is 5.28 Å². The molecule has 2 aromatic heterocycles. The standard InChI is InChI=1S/C13H9ClFN3S/c1-7-2-3-9(15)10(6-7)16-11-8-4-5-19-12(8)18-13(14)17-11/h2-6H,1H3,(H,16,17,18). The predicted octanol–water partition coefficient (Wildman–Crippen LogP) is 4.54. The minimum absolute atomic E-state index is 0.144. The highest BCUT2D eigenvalue weighted by Gasteiger charge is 2.10. The van der Waals surface area contributed by atoms with Crippen LogP contribution in [-0.2, 0) is 0 Å². The minimum atomic E-state index is -0.330. The Kier molecular flexibility index (Phi) is 3.08. The van der Waals surface area contributed by atoms with E-state index >= 15 is 0 Å². The number of aryl methyl sites for hydroxylation is 1. The van der Waals surface area contributed by atoms with Crippen molar-refractivity contribution in [2.45, 2.75) is 6.92 Å². The fourth-order valence-corrected chi connectivity index (χ4v) is 2.77. The first-order valence-corrected chi connectivity index (χ1v) is 6.83. The summed E-state index contributed by atoms with van der Waals surface area (Å²) in [6.45, 7) is 1.90. The second-order valence-corrected chi connectivity index (χ2v) is 5.32. The zero-order chi connectivity index (χ0) is 13.4. The molecule has 2 heterocycles. The molecule has 0 aliphatic rings. The van der Waals surface area contributed by atoms with Crippen molar-refractivity contribution < 1.29 is 4.39 Å². The highest BCUT2D eigenvalue weighted by molar-refractivity contribution is 7.16. The highest BCUT2D eigenvalue weighted by atomic mass is 35.5. The van der Waals surface area contributed by atoms with E-state index in [-0.39, 0.29) is 11.1 Å². The van der Waals surface area contributed by atoms with Crippen LogP contribution in [0.4, 0.5) is 15.9 Å². The molecule has 0 saturated carbocycles. The molecule has 0 spiro atoms. The smallest absolute Gasteiger partial charge is 0.225 e. The van der Waals surface area contributed by atoms with Crippen LogP contribution in [-0.4, -0.2) is 9.97 Å². The monoisotopic (exact) mass is 293 g/mol. The molecule has 0 amide bonds. The lowest BCUT2D eigenvalue weighted by molar-refractivity contribution is 0.631. The second kappa shape index (κ2) is 4.75. The average molecular weight is 294 g/mol. The molecule has 1 N–H and O–H groups in total. The van der Waals surface area contributed by atoms with Gasteiger partial charge < -0.3 is 5.32 Å². The molecule has 6 heteroatoms. The molecule has 1 aromatic carbocycles. The van der Waals surface area contributed by atoms with Crippen molar-refractivity contribution in [2.75, 3.05) is 5.32 Å². The van der Waals surface area contributed by atoms with Gasteiger partial charge in [-0.25, -0.2) is 9.37 Å². The molecule has 96 valence electrons. The average Bonchev–Trinajstić information content (AvgIpc) is 2.82. The third-order valence-electron chi connectivity index (χ3n) is 2.67. The van der Waals surface area contributed by atoms with Gasteiger partial charge in [0.25, 0.3) is 0 Å². The summed E-state index contributed by atoms with van der Waals surface area (Å²) in [4.78, 5) is 9.01. The first-order chi connectivity index (χ1) is 9.13. The van der Waals surface area contributed by atoms with Crippen molar-refractivity contribution >= 4 is 44.7 Å². The van der Waals surface area contributed by atoms with Gasteiger partial charge in [-0.05, 0) is 47.7 Å². The van der Waals surface area contributed by atoms with Crippen molar-refractivity contribution in [2.24, 2.45) is 0 Å². The van der Waals surface area contributed by atoms with Crippen LogP contribution in [0.1, 0.15) is 5.56 Å². The Bertz CT molecular complexity index is 757. The third kappa shape index (κ3) is 2.39. The van der Waals surface area contributed by atoms with Gasteiger partial charge in [-0.2, -0.15) is 4.98 Å². The molecule has 0 saturated heterocycles. The van der Waals surface area contributed by atoms with E-state index in [9.17, 15) is 4.39 Å². The Hall–Kier alpha value is -1.72. The molecular weight excluding hydrogens is 285 g/mol. The Balaban J connectivity index is 2.10. The summed E-state index contributed by atoms with van der Waals surface area (Å²) in [7, 11) is 0. The van der Waals surface area contributed by atoms with Crippen molar-refractivity contribution in [3.8, 4) is 0 Å². The maximum Gasteiger partial charge on any atom is 0.225 e. The number of halogens is 2. The van der Waals surface area contributed by atoms with Crippen LogP contribution in [0.5, 0.6) is 0 Å². The second-order valence-electron chi connectivity index (χ2n) is 4.09. The molecule has 0 unspecified atom stereocenters. The summed E-state index contributed by atoms with van der Waals surface area (Å²) < 4.78 is 13.7. The van der Waals surface area contributed by atoms with E-state index in [2.05, 4.69) is 15.3 Å². The van der Waals surface area contributed by atoms with Crippen LogP contribution in [0, 0.1) is 12.7 Å². The summed E-state index contributed by atoms with van der Waals surface area (Å²) in [6, 6.07) is 6.74. The lowest BCUT2D eigenvalue weighted by Gasteiger charge is -2.08. The van der Waals surface area contributed by atoms with E-state index in [0.717, 1.165) is 15.8 Å². The number of rotatable bonds is 2. The van der Waals surface area contributed by atoms with Crippen LogP contribution in [0.2, 0.25) is 5.28 Å². The summed E-state index contributed by atoms with van der Waals surface area (Å²) >= 11 is 7.33. The molecule has 19 heavy (non-hydrogen) atoms. The maximum absolute atomic E-state index is 13.7. The van der Waals surface area contributed by atoms with E-state index in [1.165, 1.54) is 17.4 Å². The Labute approximate surface area is 118 Å². The number of fused-ring (bicyclic) bond motifs is 1. The van der Waals surface area contributed by atoms with Gasteiger partial charge in [-0.3, -0.25) is 0 Å². The van der Waals surface area contributed by atoms with Crippen LogP contribution >= 0.6 is 22.9 Å². The molecule has 0 radical (unpaired) electrons. The topological polar surface area (TPSA) is 37.8 Å². The van der Waals surface area contributed by atoms with Gasteiger partial charge in [0, 0.05) is 0 Å². The van der Waals surface area contributed by atoms with Crippen molar-refractivity contribution in [3.05, 3.63) is 46.3 Å². The van der Waals surface area contributed by atoms with Gasteiger partial charge in [0.1, 0.15) is 16.5 Å². The Morgan fingerprint density at radius 2 is 2.11 bits per heavy atom. The van der Waals surface area contributed by atoms with E-state index in [1.54, 1.807) is 12.1 Å². The van der Waals surface area contributed by atoms with Crippen LogP contribution < -0.4 is 5.32 Å². The summed E-state index contributed by atoms with van der Waals surface area (Å²) in [6.07, 6.45) is 0. The van der Waals surface area contributed by atoms with Crippen LogP contribution in [0.25, 0.3) is 10.2 Å². The number of nitrogens with one attached hydrogen (secondary N) is 1. The largest absolute Gasteiger partial charge is 0.337 e. The third-order valence-corrected chi connectivity index (χ3v) is 3.65. The molecule has 3 aromatic rings. The number of nitrogens with zero attached hydrogens (tertiary/aromatic N) is 2. The van der Waals surface area contributed by atoms with Crippen molar-refractivity contribution in [1.82, 2.24) is 9.97 Å². The Morgan fingerprint density at radius 3 is 2.95 bits per heavy atom. The molecule has 0 bridgehead atoms. The van der Waals surface area contributed by atoms with E-state index in [4.69, 9.17) is 11.6 Å². The molecule has 0 aliphatic carbocycles. The van der Waals surface area contributed by atoms with Crippen molar-refractivity contribution in [3.63, 3.8) is 0 Å². The summed E-state index contributed by atoms with van der Waals surface area (Å²) in [5.41, 5.74) is 1.34. The number of hydrogen-bond donors (Lipinski definition) is 1. The highest BCUT2D eigenvalue weighted by Crippen LogP contribution is 2.29. The molecule has 0 aliphatic heterocycles. The molecule has 0 atom stereocenters. The first-order valence-electron chi connectivity index (χ1n) is 5.57. The quantitative estimate of drug-likeness (QED) is 0.705. The van der Waals surface area contributed by atoms with E-state index < -0.39 is 0 Å². The van der Waals surface area contributed by atoms with E-state index in [0.29, 0.717) is 11.5 Å². The molecular formula is C13H9ClFN3S. The Morgan fingerprint density at radius 1 is 1.26 bits per heavy atom. The minimum Gasteiger partial charge on any atom is -0.337 e. The number of benzene rings is 1. The van der Waals surface area contributed by atoms with Gasteiger partial charge in [0.05, 0.1) is 11.1 Å². The summed E-state index contributed by atoms with van der Waals surface area (Å²) in [5.74, 6) is 0.185. The lowest BCUT2D eigenvalue weighted by atomic mass is 10.2. The normalized spacial score (nSPS) is 10.9. The number of anilines is 2. The van der Waals surface area contributed by atoms with Crippen LogP contribution in [0.15, 0.2) is 29.6 Å². The maximum atomic E-state index is 13.7. The van der Waals surface area contributed by atoms with Gasteiger partial charge >= 0.3 is 0 Å². The molecule has 0 fully saturated rings. The lowest BCUT2D eigenvalue weighted by Crippen LogP contribution is -1.98. The summed E-state index contributed by atoms with van der Waals surface area (Å²) in [5, 5.41) is 5.85. The number of aromatic nitrogens is 2. The fourth-order valence-electron chi connectivity index (χ4n) is 1.79. The first kappa shape index (κ1) is 12.3. The zero-order valence-electron chi connectivity index (χ0n) is 9.95. The van der Waals surface area contributed by atoms with Crippen LogP contribution in [0.3, 0.4) is 0 Å². The SMILES string of the molecule is Cc1ccc(F)c(Nc2nc(Cl)nc3sccc23)c1. The van der Waals surface area contributed by atoms with E-state index in [1.807, 2.05) is 18.4 Å². The zero-order valence-corrected chi connectivity index (χ0v) is 11.5. The van der Waals surface area contributed by atoms with Gasteiger partial charge in [0.15, 0.2) is 0 Å². The van der Waals surface area contributed by atoms with Gasteiger partial charge in [-0.1, -0.05) is 6.07 Å².